The molecule has 4 rings (SSSR count). The van der Waals surface area contributed by atoms with Crippen molar-refractivity contribution in [1.82, 2.24) is 19.9 Å². The molecule has 0 radical (unpaired) electrons. The van der Waals surface area contributed by atoms with Crippen LogP contribution in [0.3, 0.4) is 0 Å². The molecule has 1 unspecified atom stereocenters. The number of para-hydroxylation sites is 1. The topological polar surface area (TPSA) is 63.4 Å². The summed E-state index contributed by atoms with van der Waals surface area (Å²) in [7, 11) is 0. The number of hydrogen-bond donors (Lipinski definition) is 1. The number of β-amino-alcohol motifs (C(OH)–C–C–N with tert-alkyl or cyclic N) is 1. The third kappa shape index (κ3) is 4.02. The van der Waals surface area contributed by atoms with E-state index >= 15 is 0 Å². The first-order valence-electron chi connectivity index (χ1n) is 9.24. The van der Waals surface area contributed by atoms with Gasteiger partial charge in [0.15, 0.2) is 0 Å². The van der Waals surface area contributed by atoms with Gasteiger partial charge in [0.2, 0.25) is 0 Å². The van der Waals surface area contributed by atoms with Gasteiger partial charge < -0.3 is 9.84 Å². The number of nitrogens with zero attached hydrogens (tertiary/aromatic N) is 4. The monoisotopic (exact) mass is 342 g/mol. The van der Waals surface area contributed by atoms with Crippen LogP contribution < -0.4 is 4.74 Å². The summed E-state index contributed by atoms with van der Waals surface area (Å²) in [4.78, 5) is 2.30. The minimum atomic E-state index is -0.741. The summed E-state index contributed by atoms with van der Waals surface area (Å²) in [5.74, 6) is 1.00. The molecular weight excluding hydrogens is 316 g/mol. The predicted molar refractivity (Wildman–Crippen MR) is 94.2 cm³/mol. The highest BCUT2D eigenvalue weighted by Crippen LogP contribution is 2.30. The lowest BCUT2D eigenvalue weighted by Gasteiger charge is -2.24. The van der Waals surface area contributed by atoms with Gasteiger partial charge in [0.05, 0.1) is 24.4 Å². The lowest BCUT2D eigenvalue weighted by molar-refractivity contribution is 0.0273. The minimum absolute atomic E-state index is 0.365. The predicted octanol–water partition coefficient (Wildman–Crippen LogP) is 2.24. The van der Waals surface area contributed by atoms with Crippen LogP contribution in [0.15, 0.2) is 36.7 Å². The molecule has 6 heteroatoms. The number of aliphatic hydroxyl groups is 1. The zero-order chi connectivity index (χ0) is 17.1. The highest BCUT2D eigenvalue weighted by atomic mass is 16.5. The number of hydrogen-bond acceptors (Lipinski definition) is 5. The van der Waals surface area contributed by atoms with E-state index in [-0.39, 0.29) is 0 Å². The van der Waals surface area contributed by atoms with E-state index in [2.05, 4.69) is 33.4 Å². The summed E-state index contributed by atoms with van der Waals surface area (Å²) in [5.41, 5.74) is 0.467. The maximum Gasteiger partial charge on any atom is 0.124 e. The van der Waals surface area contributed by atoms with Crippen molar-refractivity contribution in [3.63, 3.8) is 0 Å². The fourth-order valence-corrected chi connectivity index (χ4v) is 4.00. The molecular formula is C19H26N4O2. The molecule has 2 fully saturated rings. The standard InChI is InChI=1S/C19H26N4O2/c24-19(15-23-12-10-20-21-23)9-11-22(14-19)13-16-5-1-4-8-18(16)25-17-6-2-3-7-17/h1,4-5,8,10,12,17,24H,2-3,6-7,9,11,13-15H2. The van der Waals surface area contributed by atoms with Gasteiger partial charge in [-0.25, -0.2) is 4.68 Å². The highest BCUT2D eigenvalue weighted by Gasteiger charge is 2.36. The van der Waals surface area contributed by atoms with Crippen LogP contribution in [0.5, 0.6) is 5.75 Å². The smallest absolute Gasteiger partial charge is 0.124 e. The molecule has 2 aromatic rings. The van der Waals surface area contributed by atoms with E-state index in [1.165, 1.54) is 18.4 Å². The zero-order valence-electron chi connectivity index (χ0n) is 14.5. The van der Waals surface area contributed by atoms with E-state index in [1.807, 2.05) is 6.07 Å². The first-order valence-corrected chi connectivity index (χ1v) is 9.24. The van der Waals surface area contributed by atoms with Crippen LogP contribution in [-0.4, -0.2) is 49.8 Å². The number of rotatable bonds is 6. The summed E-state index contributed by atoms with van der Waals surface area (Å²) >= 11 is 0. The van der Waals surface area contributed by atoms with Gasteiger partial charge in [0.1, 0.15) is 5.75 Å². The van der Waals surface area contributed by atoms with E-state index in [9.17, 15) is 5.11 Å². The van der Waals surface area contributed by atoms with Crippen LogP contribution in [0.4, 0.5) is 0 Å². The SMILES string of the molecule is OC1(Cn2ccnn2)CCN(Cc2ccccc2OC2CCCC2)C1. The Morgan fingerprint density at radius 3 is 2.88 bits per heavy atom. The van der Waals surface area contributed by atoms with Crippen molar-refractivity contribution in [2.45, 2.75) is 56.9 Å². The molecule has 134 valence electrons. The maximum absolute atomic E-state index is 10.8. The van der Waals surface area contributed by atoms with Crippen LogP contribution in [0.25, 0.3) is 0 Å². The molecule has 0 bridgehead atoms. The second-order valence-corrected chi connectivity index (χ2v) is 7.42. The Labute approximate surface area is 148 Å². The number of benzene rings is 1. The second-order valence-electron chi connectivity index (χ2n) is 7.42. The molecule has 6 nitrogen and oxygen atoms in total. The molecule has 1 saturated carbocycles. The van der Waals surface area contributed by atoms with Crippen molar-refractivity contribution in [1.29, 1.82) is 0 Å². The zero-order valence-corrected chi connectivity index (χ0v) is 14.5. The third-order valence-electron chi connectivity index (χ3n) is 5.30. The normalized spacial score (nSPS) is 24.8. The average Bonchev–Trinajstić information content (AvgIpc) is 3.33. The molecule has 0 amide bonds. The first-order chi connectivity index (χ1) is 12.2. The Hall–Kier alpha value is -1.92. The van der Waals surface area contributed by atoms with Crippen molar-refractivity contribution in [3.05, 3.63) is 42.2 Å². The van der Waals surface area contributed by atoms with Crippen LogP contribution in [0.2, 0.25) is 0 Å². The van der Waals surface area contributed by atoms with E-state index in [4.69, 9.17) is 4.74 Å². The van der Waals surface area contributed by atoms with Crippen LogP contribution in [-0.2, 0) is 13.1 Å². The average molecular weight is 342 g/mol. The van der Waals surface area contributed by atoms with Crippen molar-refractivity contribution < 1.29 is 9.84 Å². The summed E-state index contributed by atoms with van der Waals surface area (Å²) < 4.78 is 7.95. The van der Waals surface area contributed by atoms with Gasteiger partial charge in [-0.1, -0.05) is 23.4 Å². The van der Waals surface area contributed by atoms with Crippen LogP contribution >= 0.6 is 0 Å². The third-order valence-corrected chi connectivity index (χ3v) is 5.30. The van der Waals surface area contributed by atoms with Crippen molar-refractivity contribution in [2.75, 3.05) is 13.1 Å². The molecule has 1 aliphatic heterocycles. The molecule has 1 N–H and O–H groups in total. The Bertz CT molecular complexity index is 684. The van der Waals surface area contributed by atoms with Gasteiger partial charge in [-0.2, -0.15) is 0 Å². The van der Waals surface area contributed by atoms with E-state index in [0.29, 0.717) is 19.2 Å². The molecule has 2 aliphatic rings. The van der Waals surface area contributed by atoms with Gasteiger partial charge in [0, 0.05) is 31.4 Å². The molecule has 25 heavy (non-hydrogen) atoms. The minimum Gasteiger partial charge on any atom is -0.490 e. The van der Waals surface area contributed by atoms with Gasteiger partial charge >= 0.3 is 0 Å². The fraction of sp³-hybridized carbons (Fsp3) is 0.579. The molecule has 1 aromatic carbocycles. The van der Waals surface area contributed by atoms with Crippen molar-refractivity contribution >= 4 is 0 Å². The van der Waals surface area contributed by atoms with Crippen molar-refractivity contribution in [2.24, 2.45) is 0 Å². The molecule has 1 saturated heterocycles. The van der Waals surface area contributed by atoms with Gasteiger partial charge in [-0.15, -0.1) is 5.10 Å². The number of aromatic nitrogens is 3. The van der Waals surface area contributed by atoms with Gasteiger partial charge in [-0.05, 0) is 38.2 Å². The Balaban J connectivity index is 1.39. The second kappa shape index (κ2) is 7.14. The maximum atomic E-state index is 10.8. The molecule has 0 spiro atoms. The quantitative estimate of drug-likeness (QED) is 0.872. The lowest BCUT2D eigenvalue weighted by Crippen LogP contribution is -2.37. The fourth-order valence-electron chi connectivity index (χ4n) is 4.00. The Kier molecular flexibility index (Phi) is 4.72. The van der Waals surface area contributed by atoms with Crippen molar-refractivity contribution in [3.8, 4) is 5.75 Å². The first kappa shape index (κ1) is 16.5. The summed E-state index contributed by atoms with van der Waals surface area (Å²) in [5, 5.41) is 18.6. The molecule has 1 atom stereocenters. The molecule has 1 aliphatic carbocycles. The molecule has 1 aromatic heterocycles. The van der Waals surface area contributed by atoms with Gasteiger partial charge in [0.25, 0.3) is 0 Å². The van der Waals surface area contributed by atoms with Crippen LogP contribution in [0.1, 0.15) is 37.7 Å². The Morgan fingerprint density at radius 2 is 2.08 bits per heavy atom. The lowest BCUT2D eigenvalue weighted by atomic mass is 10.0. The molecule has 2 heterocycles. The number of ether oxygens (including phenoxy) is 1. The summed E-state index contributed by atoms with van der Waals surface area (Å²) in [6.07, 6.45) is 9.42. The van der Waals surface area contributed by atoms with E-state index in [0.717, 1.165) is 38.1 Å². The van der Waals surface area contributed by atoms with E-state index in [1.54, 1.807) is 17.1 Å². The van der Waals surface area contributed by atoms with E-state index < -0.39 is 5.60 Å². The van der Waals surface area contributed by atoms with Crippen LogP contribution in [0, 0.1) is 0 Å². The van der Waals surface area contributed by atoms with Gasteiger partial charge in [-0.3, -0.25) is 4.90 Å². The largest absolute Gasteiger partial charge is 0.490 e. The number of likely N-dealkylation sites (tertiary alicyclic amines) is 1. The summed E-state index contributed by atoms with van der Waals surface area (Å²) in [6.45, 7) is 2.82. The Morgan fingerprint density at radius 1 is 1.24 bits per heavy atom. The highest BCUT2D eigenvalue weighted by molar-refractivity contribution is 5.33. The summed E-state index contributed by atoms with van der Waals surface area (Å²) in [6, 6.07) is 8.32.